The molecular weight excluding hydrogens is 449 g/mol. The van der Waals surface area contributed by atoms with Crippen LogP contribution in [0.15, 0.2) is 29.2 Å². The molecule has 1 N–H and O–H groups in total. The van der Waals surface area contributed by atoms with Crippen LogP contribution in [0.5, 0.6) is 17.2 Å². The van der Waals surface area contributed by atoms with E-state index in [1.165, 1.54) is 18.2 Å². The first kappa shape index (κ1) is 19.3. The summed E-state index contributed by atoms with van der Waals surface area (Å²) in [4.78, 5) is 26.4. The summed E-state index contributed by atoms with van der Waals surface area (Å²) in [5, 5.41) is 9.66. The number of imide groups is 1. The SMILES string of the molecule is O=C1S/C(=C\c2cc(Cl)c(O)c(Cl)c2)C(=O)N1Cc1cc2c(cc1Cl)OCO2. The van der Waals surface area contributed by atoms with Gasteiger partial charge in [-0.1, -0.05) is 34.8 Å². The van der Waals surface area contributed by atoms with Crippen molar-refractivity contribution in [2.75, 3.05) is 6.79 Å². The molecule has 144 valence electrons. The summed E-state index contributed by atoms with van der Waals surface area (Å²) < 4.78 is 10.6. The highest BCUT2D eigenvalue weighted by Gasteiger charge is 2.35. The van der Waals surface area contributed by atoms with Crippen LogP contribution in [0.1, 0.15) is 11.1 Å². The van der Waals surface area contributed by atoms with Crippen LogP contribution < -0.4 is 9.47 Å². The minimum atomic E-state index is -0.468. The highest BCUT2D eigenvalue weighted by Crippen LogP contribution is 2.40. The topological polar surface area (TPSA) is 76.1 Å². The molecule has 2 heterocycles. The van der Waals surface area contributed by atoms with Crippen molar-refractivity contribution in [3.8, 4) is 17.2 Å². The summed E-state index contributed by atoms with van der Waals surface area (Å²) in [5.74, 6) is 0.314. The lowest BCUT2D eigenvalue weighted by Crippen LogP contribution is -2.27. The highest BCUT2D eigenvalue weighted by atomic mass is 35.5. The standard InChI is InChI=1S/C18H10Cl3NO5S/c19-10-5-14-13(26-7-27-14)4-9(10)6-22-17(24)15(28-18(22)25)3-8-1-11(20)16(23)12(21)2-8/h1-5,23H,6-7H2/b15-3-. The van der Waals surface area contributed by atoms with E-state index in [-0.39, 0.29) is 34.0 Å². The average Bonchev–Trinajstić information content (AvgIpc) is 3.19. The maximum absolute atomic E-state index is 12.7. The van der Waals surface area contributed by atoms with E-state index in [2.05, 4.69) is 0 Å². The molecule has 0 saturated carbocycles. The quantitative estimate of drug-likeness (QED) is 0.628. The number of amides is 2. The number of ether oxygens (including phenoxy) is 2. The van der Waals surface area contributed by atoms with E-state index < -0.39 is 11.1 Å². The minimum absolute atomic E-state index is 0.00539. The van der Waals surface area contributed by atoms with E-state index in [0.29, 0.717) is 27.6 Å². The fraction of sp³-hybridized carbons (Fsp3) is 0.111. The Labute approximate surface area is 178 Å². The Morgan fingerprint density at radius 2 is 1.68 bits per heavy atom. The molecule has 0 aliphatic carbocycles. The molecule has 0 radical (unpaired) electrons. The summed E-state index contributed by atoms with van der Waals surface area (Å²) in [5.41, 5.74) is 1.05. The second-order valence-corrected chi connectivity index (χ2v) is 8.11. The Hall–Kier alpha value is -2.06. The summed E-state index contributed by atoms with van der Waals surface area (Å²) in [6.07, 6.45) is 1.49. The van der Waals surface area contributed by atoms with E-state index in [9.17, 15) is 14.7 Å². The fourth-order valence-corrected chi connectivity index (χ4v) is 4.26. The van der Waals surface area contributed by atoms with Gasteiger partial charge in [-0.05, 0) is 47.2 Å². The van der Waals surface area contributed by atoms with Crippen LogP contribution in [0.3, 0.4) is 0 Å². The summed E-state index contributed by atoms with van der Waals surface area (Å²) in [6, 6.07) is 6.14. The third-order valence-corrected chi connectivity index (χ3v) is 5.92. The number of carbonyl (C=O) groups is 2. The molecule has 0 aromatic heterocycles. The van der Waals surface area contributed by atoms with Crippen LogP contribution in [0.2, 0.25) is 15.1 Å². The van der Waals surface area contributed by atoms with Crippen molar-refractivity contribution in [1.29, 1.82) is 0 Å². The third-order valence-electron chi connectivity index (χ3n) is 4.08. The van der Waals surface area contributed by atoms with Gasteiger partial charge in [-0.15, -0.1) is 0 Å². The van der Waals surface area contributed by atoms with Crippen LogP contribution in [-0.2, 0) is 11.3 Å². The Bertz CT molecular complexity index is 1030. The predicted octanol–water partition coefficient (Wildman–Crippen LogP) is 5.32. The van der Waals surface area contributed by atoms with Gasteiger partial charge in [0.1, 0.15) is 0 Å². The van der Waals surface area contributed by atoms with Crippen molar-refractivity contribution in [3.05, 3.63) is 55.4 Å². The van der Waals surface area contributed by atoms with Gasteiger partial charge in [0.15, 0.2) is 17.2 Å². The lowest BCUT2D eigenvalue weighted by atomic mass is 10.1. The van der Waals surface area contributed by atoms with E-state index in [0.717, 1.165) is 16.7 Å². The first-order chi connectivity index (χ1) is 13.3. The van der Waals surface area contributed by atoms with Crippen molar-refractivity contribution < 1.29 is 24.2 Å². The zero-order valence-corrected chi connectivity index (χ0v) is 17.0. The number of phenols is 1. The average molecular weight is 459 g/mol. The van der Waals surface area contributed by atoms with Crippen molar-refractivity contribution in [1.82, 2.24) is 4.90 Å². The van der Waals surface area contributed by atoms with E-state index in [1.807, 2.05) is 0 Å². The maximum atomic E-state index is 12.7. The number of rotatable bonds is 3. The van der Waals surface area contributed by atoms with Gasteiger partial charge in [0.05, 0.1) is 21.5 Å². The van der Waals surface area contributed by atoms with Gasteiger partial charge in [-0.25, -0.2) is 0 Å². The van der Waals surface area contributed by atoms with Gasteiger partial charge in [-0.2, -0.15) is 0 Å². The summed E-state index contributed by atoms with van der Waals surface area (Å²) in [6.45, 7) is 0.0890. The maximum Gasteiger partial charge on any atom is 0.293 e. The molecule has 2 aliphatic rings. The molecule has 2 aromatic rings. The predicted molar refractivity (Wildman–Crippen MR) is 107 cm³/mol. The second kappa shape index (κ2) is 7.40. The second-order valence-electron chi connectivity index (χ2n) is 5.90. The van der Waals surface area contributed by atoms with Crippen molar-refractivity contribution in [2.24, 2.45) is 0 Å². The molecule has 28 heavy (non-hydrogen) atoms. The number of benzene rings is 2. The smallest absolute Gasteiger partial charge is 0.293 e. The Morgan fingerprint density at radius 3 is 2.36 bits per heavy atom. The number of thioether (sulfide) groups is 1. The van der Waals surface area contributed by atoms with Gasteiger partial charge >= 0.3 is 0 Å². The lowest BCUT2D eigenvalue weighted by molar-refractivity contribution is -0.123. The number of hydrogen-bond acceptors (Lipinski definition) is 6. The van der Waals surface area contributed by atoms with Gasteiger partial charge in [-0.3, -0.25) is 14.5 Å². The van der Waals surface area contributed by atoms with Crippen LogP contribution in [0, 0.1) is 0 Å². The Morgan fingerprint density at radius 1 is 1.04 bits per heavy atom. The zero-order chi connectivity index (χ0) is 20.0. The normalized spacial score (nSPS) is 17.1. The fourth-order valence-electron chi connectivity index (χ4n) is 2.71. The van der Waals surface area contributed by atoms with Crippen LogP contribution in [0.25, 0.3) is 6.08 Å². The number of nitrogens with zero attached hydrogens (tertiary/aromatic N) is 1. The molecule has 2 aliphatic heterocycles. The molecule has 6 nitrogen and oxygen atoms in total. The van der Waals surface area contributed by atoms with Gasteiger partial charge in [0.2, 0.25) is 6.79 Å². The van der Waals surface area contributed by atoms with Crippen molar-refractivity contribution >= 4 is 63.8 Å². The van der Waals surface area contributed by atoms with Crippen molar-refractivity contribution in [2.45, 2.75) is 6.54 Å². The number of hydrogen-bond donors (Lipinski definition) is 1. The molecule has 0 bridgehead atoms. The molecule has 1 saturated heterocycles. The molecular formula is C18H10Cl3NO5S. The largest absolute Gasteiger partial charge is 0.505 e. The number of fused-ring (bicyclic) bond motifs is 1. The first-order valence-corrected chi connectivity index (χ1v) is 9.80. The Kier molecular flexibility index (Phi) is 5.09. The molecule has 2 aromatic carbocycles. The Balaban J connectivity index is 1.60. The van der Waals surface area contributed by atoms with Crippen LogP contribution in [-0.4, -0.2) is 27.9 Å². The molecule has 2 amide bonds. The zero-order valence-electron chi connectivity index (χ0n) is 13.9. The number of halogens is 3. The minimum Gasteiger partial charge on any atom is -0.505 e. The highest BCUT2D eigenvalue weighted by molar-refractivity contribution is 8.18. The van der Waals surface area contributed by atoms with Crippen molar-refractivity contribution in [3.63, 3.8) is 0 Å². The molecule has 0 unspecified atom stereocenters. The summed E-state index contributed by atoms with van der Waals surface area (Å²) in [7, 11) is 0. The number of phenolic OH excluding ortho intramolecular Hbond substituents is 1. The van der Waals surface area contributed by atoms with Crippen LogP contribution in [0.4, 0.5) is 4.79 Å². The van der Waals surface area contributed by atoms with Gasteiger partial charge < -0.3 is 14.6 Å². The number of aromatic hydroxyl groups is 1. The van der Waals surface area contributed by atoms with Gasteiger partial charge in [0, 0.05) is 11.1 Å². The molecule has 4 rings (SSSR count). The molecule has 10 heteroatoms. The van der Waals surface area contributed by atoms with Gasteiger partial charge in [0.25, 0.3) is 11.1 Å². The molecule has 1 fully saturated rings. The van der Waals surface area contributed by atoms with E-state index >= 15 is 0 Å². The first-order valence-electron chi connectivity index (χ1n) is 7.85. The lowest BCUT2D eigenvalue weighted by Gasteiger charge is -2.14. The van der Waals surface area contributed by atoms with Crippen LogP contribution >= 0.6 is 46.6 Å². The number of carbonyl (C=O) groups excluding carboxylic acids is 2. The van der Waals surface area contributed by atoms with E-state index in [1.54, 1.807) is 12.1 Å². The molecule has 0 atom stereocenters. The van der Waals surface area contributed by atoms with E-state index in [4.69, 9.17) is 44.3 Å². The summed E-state index contributed by atoms with van der Waals surface area (Å²) >= 11 is 18.8. The third kappa shape index (κ3) is 3.51. The monoisotopic (exact) mass is 457 g/mol. The molecule has 0 spiro atoms.